The number of hydrogen-bond acceptors (Lipinski definition) is 3. The number of pyridine rings is 1. The molecular formula is C15H24ClN3. The molecule has 1 aromatic heterocycles. The largest absolute Gasteiger partial charge is 0.311 e. The molecule has 19 heavy (non-hydrogen) atoms. The van der Waals surface area contributed by atoms with Gasteiger partial charge < -0.3 is 5.32 Å². The van der Waals surface area contributed by atoms with E-state index in [4.69, 9.17) is 0 Å². The fourth-order valence-electron chi connectivity index (χ4n) is 3.45. The minimum absolute atomic E-state index is 0. The van der Waals surface area contributed by atoms with Crippen LogP contribution in [0.5, 0.6) is 0 Å². The van der Waals surface area contributed by atoms with Crippen LogP contribution in [0.15, 0.2) is 18.5 Å². The number of hydrogen-bond donors (Lipinski definition) is 1. The minimum atomic E-state index is 0. The van der Waals surface area contributed by atoms with Crippen molar-refractivity contribution in [3.05, 3.63) is 29.6 Å². The van der Waals surface area contributed by atoms with Crippen molar-refractivity contribution < 1.29 is 0 Å². The van der Waals surface area contributed by atoms with Crippen molar-refractivity contribution in [2.24, 2.45) is 0 Å². The van der Waals surface area contributed by atoms with Crippen molar-refractivity contribution >= 4 is 12.4 Å². The lowest BCUT2D eigenvalue weighted by Crippen LogP contribution is -2.46. The van der Waals surface area contributed by atoms with Gasteiger partial charge >= 0.3 is 0 Å². The Balaban J connectivity index is 0.00000133. The fourth-order valence-corrected chi connectivity index (χ4v) is 3.45. The van der Waals surface area contributed by atoms with Crippen molar-refractivity contribution in [2.75, 3.05) is 7.05 Å². The van der Waals surface area contributed by atoms with Gasteiger partial charge in [0.05, 0.1) is 0 Å². The van der Waals surface area contributed by atoms with Gasteiger partial charge in [0.25, 0.3) is 0 Å². The molecule has 0 aliphatic carbocycles. The number of nitrogens with one attached hydrogen (secondary N) is 1. The van der Waals surface area contributed by atoms with Gasteiger partial charge in [-0.2, -0.15) is 0 Å². The fraction of sp³-hybridized carbons (Fsp3) is 0.667. The molecule has 2 fully saturated rings. The lowest BCUT2D eigenvalue weighted by molar-refractivity contribution is 0.165. The van der Waals surface area contributed by atoms with Crippen molar-refractivity contribution in [1.29, 1.82) is 0 Å². The molecule has 4 heteroatoms. The topological polar surface area (TPSA) is 28.2 Å². The van der Waals surface area contributed by atoms with Crippen LogP contribution in [0.25, 0.3) is 0 Å². The zero-order valence-corrected chi connectivity index (χ0v) is 12.6. The number of rotatable bonds is 3. The lowest BCUT2D eigenvalue weighted by atomic mass is 9.98. The number of halogens is 1. The second kappa shape index (κ2) is 6.21. The Kier molecular flexibility index (Phi) is 4.82. The third-order valence-electron chi connectivity index (χ3n) is 4.64. The van der Waals surface area contributed by atoms with E-state index in [2.05, 4.69) is 35.2 Å². The molecule has 0 aromatic carbocycles. The summed E-state index contributed by atoms with van der Waals surface area (Å²) in [5, 5.41) is 3.71. The molecule has 1 N–H and O–H groups in total. The number of fused-ring (bicyclic) bond motifs is 2. The zero-order chi connectivity index (χ0) is 12.5. The summed E-state index contributed by atoms with van der Waals surface area (Å²) in [6, 6.07) is 4.38. The molecular weight excluding hydrogens is 258 g/mol. The number of aryl methyl sites for hydroxylation is 1. The second-order valence-corrected chi connectivity index (χ2v) is 5.98. The highest BCUT2D eigenvalue weighted by Gasteiger charge is 2.34. The third-order valence-corrected chi connectivity index (χ3v) is 4.64. The van der Waals surface area contributed by atoms with Crippen LogP contribution in [-0.4, -0.2) is 35.1 Å². The molecule has 0 amide bonds. The Bertz CT molecular complexity index is 412. The van der Waals surface area contributed by atoms with Gasteiger partial charge in [0.2, 0.25) is 0 Å². The minimum Gasteiger partial charge on any atom is -0.311 e. The van der Waals surface area contributed by atoms with Gasteiger partial charge in [-0.3, -0.25) is 9.88 Å². The molecule has 1 aromatic rings. The molecule has 106 valence electrons. The van der Waals surface area contributed by atoms with Crippen LogP contribution in [0.4, 0.5) is 0 Å². The standard InChI is InChI=1S/C15H23N3.ClH/c1-11-5-6-16-9-12(11)10-18(2)15-7-13-3-4-14(8-15)17-13;/h5-6,9,13-15,17H,3-4,7-8,10H2,1-2H3;1H. The van der Waals surface area contributed by atoms with Crippen LogP contribution in [0, 0.1) is 6.92 Å². The molecule has 2 unspecified atom stereocenters. The van der Waals surface area contributed by atoms with Crippen molar-refractivity contribution in [3.63, 3.8) is 0 Å². The normalized spacial score (nSPS) is 29.3. The first-order valence-electron chi connectivity index (χ1n) is 7.08. The van der Waals surface area contributed by atoms with Crippen molar-refractivity contribution in [1.82, 2.24) is 15.2 Å². The Morgan fingerprint density at radius 3 is 2.63 bits per heavy atom. The molecule has 3 nitrogen and oxygen atoms in total. The average molecular weight is 282 g/mol. The van der Waals surface area contributed by atoms with Crippen LogP contribution in [0.1, 0.15) is 36.8 Å². The Morgan fingerprint density at radius 2 is 2.00 bits per heavy atom. The van der Waals surface area contributed by atoms with E-state index in [0.29, 0.717) is 0 Å². The highest BCUT2D eigenvalue weighted by Crippen LogP contribution is 2.29. The van der Waals surface area contributed by atoms with Crippen LogP contribution in [0.3, 0.4) is 0 Å². The van der Waals surface area contributed by atoms with Crippen LogP contribution in [-0.2, 0) is 6.54 Å². The Labute approximate surface area is 122 Å². The van der Waals surface area contributed by atoms with Gasteiger partial charge in [-0.25, -0.2) is 0 Å². The molecule has 3 rings (SSSR count). The second-order valence-electron chi connectivity index (χ2n) is 5.98. The maximum atomic E-state index is 4.25. The summed E-state index contributed by atoms with van der Waals surface area (Å²) in [6.45, 7) is 3.21. The molecule has 0 saturated carbocycles. The molecule has 2 aliphatic rings. The molecule has 2 aliphatic heterocycles. The highest BCUT2D eigenvalue weighted by atomic mass is 35.5. The van der Waals surface area contributed by atoms with Gasteiger partial charge in [-0.05, 0) is 56.8 Å². The SMILES string of the molecule is Cc1ccncc1CN(C)C1CC2CCC(C1)N2.Cl. The van der Waals surface area contributed by atoms with Gasteiger partial charge in [0, 0.05) is 37.1 Å². The van der Waals surface area contributed by atoms with E-state index >= 15 is 0 Å². The summed E-state index contributed by atoms with van der Waals surface area (Å²) in [5.74, 6) is 0. The summed E-state index contributed by atoms with van der Waals surface area (Å²) >= 11 is 0. The quantitative estimate of drug-likeness (QED) is 0.923. The first-order valence-corrected chi connectivity index (χ1v) is 7.08. The van der Waals surface area contributed by atoms with E-state index in [-0.39, 0.29) is 12.4 Å². The van der Waals surface area contributed by atoms with Gasteiger partial charge in [0.15, 0.2) is 0 Å². The molecule has 0 radical (unpaired) electrons. The van der Waals surface area contributed by atoms with Crippen LogP contribution in [0.2, 0.25) is 0 Å². The van der Waals surface area contributed by atoms with Crippen LogP contribution < -0.4 is 5.32 Å². The summed E-state index contributed by atoms with van der Waals surface area (Å²) < 4.78 is 0. The third kappa shape index (κ3) is 3.28. The molecule has 2 bridgehead atoms. The van der Waals surface area contributed by atoms with Crippen LogP contribution >= 0.6 is 12.4 Å². The first kappa shape index (κ1) is 14.8. The average Bonchev–Trinajstić information content (AvgIpc) is 2.71. The van der Waals surface area contributed by atoms with Crippen molar-refractivity contribution in [3.8, 4) is 0 Å². The lowest BCUT2D eigenvalue weighted by Gasteiger charge is -2.35. The highest BCUT2D eigenvalue weighted by molar-refractivity contribution is 5.85. The monoisotopic (exact) mass is 281 g/mol. The predicted octanol–water partition coefficient (Wildman–Crippen LogP) is 2.53. The van der Waals surface area contributed by atoms with Gasteiger partial charge in [-0.15, -0.1) is 12.4 Å². The molecule has 0 spiro atoms. The van der Waals surface area contributed by atoms with Gasteiger partial charge in [0.1, 0.15) is 0 Å². The van der Waals surface area contributed by atoms with Gasteiger partial charge in [-0.1, -0.05) is 0 Å². The van der Waals surface area contributed by atoms with E-state index in [1.807, 2.05) is 12.4 Å². The summed E-state index contributed by atoms with van der Waals surface area (Å²) in [5.41, 5.74) is 2.72. The predicted molar refractivity (Wildman–Crippen MR) is 80.7 cm³/mol. The molecule has 2 atom stereocenters. The van der Waals surface area contributed by atoms with E-state index in [1.54, 1.807) is 0 Å². The first-order chi connectivity index (χ1) is 8.72. The number of piperidine rings is 1. The van der Waals surface area contributed by atoms with E-state index in [9.17, 15) is 0 Å². The zero-order valence-electron chi connectivity index (χ0n) is 11.8. The molecule has 3 heterocycles. The number of aromatic nitrogens is 1. The smallest absolute Gasteiger partial charge is 0.0315 e. The van der Waals surface area contributed by atoms with Crippen molar-refractivity contribution in [2.45, 2.75) is 57.3 Å². The summed E-state index contributed by atoms with van der Waals surface area (Å²) in [6.07, 6.45) is 9.27. The van der Waals surface area contributed by atoms with E-state index in [0.717, 1.165) is 24.7 Å². The maximum absolute atomic E-state index is 4.25. The Morgan fingerprint density at radius 1 is 1.32 bits per heavy atom. The van der Waals surface area contributed by atoms with E-state index < -0.39 is 0 Å². The summed E-state index contributed by atoms with van der Waals surface area (Å²) in [7, 11) is 2.27. The molecule has 2 saturated heterocycles. The van der Waals surface area contributed by atoms with E-state index in [1.165, 1.54) is 36.8 Å². The maximum Gasteiger partial charge on any atom is 0.0315 e. The summed E-state index contributed by atoms with van der Waals surface area (Å²) in [4.78, 5) is 6.77. The Hall–Kier alpha value is -0.640. The number of nitrogens with zero attached hydrogens (tertiary/aromatic N) is 2.